The van der Waals surface area contributed by atoms with Crippen molar-refractivity contribution >= 4 is 6.29 Å². The molecule has 0 fully saturated rings. The van der Waals surface area contributed by atoms with Crippen molar-refractivity contribution in [2.75, 3.05) is 0 Å². The van der Waals surface area contributed by atoms with Crippen molar-refractivity contribution in [3.63, 3.8) is 0 Å². The van der Waals surface area contributed by atoms with Gasteiger partial charge in [0.25, 0.3) is 0 Å². The van der Waals surface area contributed by atoms with Crippen molar-refractivity contribution < 1.29 is 4.79 Å². The molecule has 0 unspecified atom stereocenters. The molecular formula is C6H8O. The van der Waals surface area contributed by atoms with Gasteiger partial charge in [0, 0.05) is 0 Å². The van der Waals surface area contributed by atoms with E-state index in [0.717, 1.165) is 11.9 Å². The molecule has 0 aliphatic rings. The predicted molar refractivity (Wildman–Crippen MR) is 30.0 cm³/mol. The number of carbonyl (C=O) groups excluding carboxylic acids is 1. The Kier molecular flexibility index (Phi) is 2.94. The fourth-order valence-electron chi connectivity index (χ4n) is 0.204. The van der Waals surface area contributed by atoms with Crippen LogP contribution in [0, 0.1) is 0 Å². The minimum Gasteiger partial charge on any atom is -0.299 e. The van der Waals surface area contributed by atoms with Crippen LogP contribution >= 0.6 is 0 Å². The van der Waals surface area contributed by atoms with E-state index in [1.807, 2.05) is 6.92 Å². The van der Waals surface area contributed by atoms with E-state index in [1.54, 1.807) is 6.08 Å². The van der Waals surface area contributed by atoms with Gasteiger partial charge in [-0.25, -0.2) is 0 Å². The van der Waals surface area contributed by atoms with Gasteiger partial charge in [0.1, 0.15) is 6.29 Å². The summed E-state index contributed by atoms with van der Waals surface area (Å²) >= 11 is 0. The van der Waals surface area contributed by atoms with Crippen molar-refractivity contribution in [2.24, 2.45) is 0 Å². The van der Waals surface area contributed by atoms with Gasteiger partial charge in [0.2, 0.25) is 0 Å². The summed E-state index contributed by atoms with van der Waals surface area (Å²) in [5, 5.41) is 0. The Bertz CT molecular complexity index is 101. The molecule has 0 bridgehead atoms. The second kappa shape index (κ2) is 3.34. The molecule has 38 valence electrons. The van der Waals surface area contributed by atoms with Crippen molar-refractivity contribution in [1.29, 1.82) is 0 Å². The molecule has 0 aliphatic heterocycles. The SMILES string of the molecule is C=C(C)C=CC=O. The lowest BCUT2D eigenvalue weighted by atomic mass is 10.3. The Morgan fingerprint density at radius 2 is 2.29 bits per heavy atom. The first-order valence-corrected chi connectivity index (χ1v) is 2.04. The van der Waals surface area contributed by atoms with E-state index in [9.17, 15) is 4.79 Å². The number of hydrogen-bond acceptors (Lipinski definition) is 1. The largest absolute Gasteiger partial charge is 0.299 e. The minimum atomic E-state index is 0.731. The summed E-state index contributed by atoms with van der Waals surface area (Å²) in [6.07, 6.45) is 3.81. The zero-order valence-corrected chi connectivity index (χ0v) is 4.35. The lowest BCUT2D eigenvalue weighted by Crippen LogP contribution is -1.61. The number of aldehydes is 1. The van der Waals surface area contributed by atoms with Crippen molar-refractivity contribution in [3.05, 3.63) is 24.3 Å². The lowest BCUT2D eigenvalue weighted by molar-refractivity contribution is -0.104. The van der Waals surface area contributed by atoms with Crippen LogP contribution in [0.5, 0.6) is 0 Å². The van der Waals surface area contributed by atoms with Crippen LogP contribution in [0.3, 0.4) is 0 Å². The summed E-state index contributed by atoms with van der Waals surface area (Å²) in [4.78, 5) is 9.58. The van der Waals surface area contributed by atoms with Gasteiger partial charge in [-0.1, -0.05) is 18.2 Å². The fourth-order valence-corrected chi connectivity index (χ4v) is 0.204. The normalized spacial score (nSPS) is 9.29. The van der Waals surface area contributed by atoms with Crippen LogP contribution in [-0.4, -0.2) is 6.29 Å². The van der Waals surface area contributed by atoms with Crippen LogP contribution in [0.25, 0.3) is 0 Å². The first-order valence-electron chi connectivity index (χ1n) is 2.04. The standard InChI is InChI=1S/C6H8O/c1-6(2)4-3-5-7/h3-5H,1H2,2H3. The number of rotatable bonds is 2. The van der Waals surface area contributed by atoms with E-state index in [0.29, 0.717) is 0 Å². The molecule has 0 saturated heterocycles. The molecule has 1 heteroatoms. The van der Waals surface area contributed by atoms with Gasteiger partial charge in [0.15, 0.2) is 0 Å². The topological polar surface area (TPSA) is 17.1 Å². The van der Waals surface area contributed by atoms with Crippen LogP contribution in [0.1, 0.15) is 6.92 Å². The molecule has 0 aromatic carbocycles. The molecule has 0 N–H and O–H groups in total. The molecule has 0 aliphatic carbocycles. The summed E-state index contributed by atoms with van der Waals surface area (Å²) in [5.41, 5.74) is 0.895. The van der Waals surface area contributed by atoms with Gasteiger partial charge in [-0.15, -0.1) is 0 Å². The third-order valence-corrected chi connectivity index (χ3v) is 0.459. The van der Waals surface area contributed by atoms with Gasteiger partial charge in [-0.05, 0) is 13.0 Å². The predicted octanol–water partition coefficient (Wildman–Crippen LogP) is 1.32. The molecular weight excluding hydrogens is 88.1 g/mol. The molecule has 0 spiro atoms. The molecule has 0 heterocycles. The highest BCUT2D eigenvalue weighted by molar-refractivity contribution is 5.65. The van der Waals surface area contributed by atoms with E-state index in [4.69, 9.17) is 0 Å². The molecule has 7 heavy (non-hydrogen) atoms. The second-order valence-corrected chi connectivity index (χ2v) is 1.34. The van der Waals surface area contributed by atoms with E-state index in [2.05, 4.69) is 6.58 Å². The average molecular weight is 96.1 g/mol. The summed E-state index contributed by atoms with van der Waals surface area (Å²) in [7, 11) is 0. The Hall–Kier alpha value is -0.850. The second-order valence-electron chi connectivity index (χ2n) is 1.34. The lowest BCUT2D eigenvalue weighted by Gasteiger charge is -1.75. The van der Waals surface area contributed by atoms with Gasteiger partial charge < -0.3 is 0 Å². The zero-order chi connectivity index (χ0) is 5.70. The molecule has 0 aromatic heterocycles. The van der Waals surface area contributed by atoms with E-state index >= 15 is 0 Å². The zero-order valence-electron chi connectivity index (χ0n) is 4.35. The van der Waals surface area contributed by atoms with Gasteiger partial charge in [0.05, 0.1) is 0 Å². The van der Waals surface area contributed by atoms with Crippen molar-refractivity contribution in [1.82, 2.24) is 0 Å². The maximum atomic E-state index is 9.58. The molecule has 0 aromatic rings. The van der Waals surface area contributed by atoms with Crippen LogP contribution in [-0.2, 0) is 4.79 Å². The van der Waals surface area contributed by atoms with E-state index in [-0.39, 0.29) is 0 Å². The molecule has 0 amide bonds. The number of carbonyl (C=O) groups is 1. The van der Waals surface area contributed by atoms with Gasteiger partial charge in [-0.2, -0.15) is 0 Å². The van der Waals surface area contributed by atoms with Gasteiger partial charge in [-0.3, -0.25) is 4.79 Å². The quantitative estimate of drug-likeness (QED) is 0.288. The van der Waals surface area contributed by atoms with E-state index < -0.39 is 0 Å². The Labute approximate surface area is 43.3 Å². The fraction of sp³-hybridized carbons (Fsp3) is 0.167. The molecule has 0 rings (SSSR count). The number of hydrogen-bond donors (Lipinski definition) is 0. The smallest absolute Gasteiger partial charge is 0.142 e. The maximum Gasteiger partial charge on any atom is 0.142 e. The van der Waals surface area contributed by atoms with Crippen LogP contribution in [0.2, 0.25) is 0 Å². The maximum absolute atomic E-state index is 9.58. The summed E-state index contributed by atoms with van der Waals surface area (Å²) in [6, 6.07) is 0. The average Bonchev–Trinajstić information content (AvgIpc) is 1.61. The molecule has 0 atom stereocenters. The molecule has 0 radical (unpaired) electrons. The molecule has 0 saturated carbocycles. The van der Waals surface area contributed by atoms with Crippen LogP contribution < -0.4 is 0 Å². The third-order valence-electron chi connectivity index (χ3n) is 0.459. The van der Waals surface area contributed by atoms with Crippen LogP contribution in [0.4, 0.5) is 0 Å². The Morgan fingerprint density at radius 1 is 1.71 bits per heavy atom. The highest BCUT2D eigenvalue weighted by Gasteiger charge is 1.67. The minimum absolute atomic E-state index is 0.731. The van der Waals surface area contributed by atoms with Crippen molar-refractivity contribution in [2.45, 2.75) is 6.92 Å². The summed E-state index contributed by atoms with van der Waals surface area (Å²) < 4.78 is 0. The van der Waals surface area contributed by atoms with Gasteiger partial charge >= 0.3 is 0 Å². The Balaban J connectivity index is 3.46. The first kappa shape index (κ1) is 6.15. The van der Waals surface area contributed by atoms with Crippen molar-refractivity contribution in [3.8, 4) is 0 Å². The molecule has 1 nitrogen and oxygen atoms in total. The van der Waals surface area contributed by atoms with E-state index in [1.165, 1.54) is 6.08 Å². The number of allylic oxidation sites excluding steroid dienone is 3. The highest BCUT2D eigenvalue weighted by atomic mass is 16.1. The third kappa shape index (κ3) is 5.15. The summed E-state index contributed by atoms with van der Waals surface area (Å²) in [6.45, 7) is 5.38. The van der Waals surface area contributed by atoms with Crippen LogP contribution in [0.15, 0.2) is 24.3 Å². The Morgan fingerprint density at radius 3 is 2.43 bits per heavy atom. The first-order chi connectivity index (χ1) is 3.27. The summed E-state index contributed by atoms with van der Waals surface area (Å²) in [5.74, 6) is 0. The highest BCUT2D eigenvalue weighted by Crippen LogP contribution is 1.84. The monoisotopic (exact) mass is 96.1 g/mol.